The Hall–Kier alpha value is -2.28. The molecule has 0 aliphatic heterocycles. The summed E-state index contributed by atoms with van der Waals surface area (Å²) >= 11 is 0. The van der Waals surface area contributed by atoms with E-state index in [4.69, 9.17) is 0 Å². The van der Waals surface area contributed by atoms with Gasteiger partial charge in [-0.05, 0) is 26.0 Å². The molecule has 2 aromatic rings. The van der Waals surface area contributed by atoms with Crippen LogP contribution in [0.1, 0.15) is 13.8 Å². The van der Waals surface area contributed by atoms with E-state index in [-0.39, 0.29) is 17.9 Å². The van der Waals surface area contributed by atoms with E-state index in [0.717, 1.165) is 0 Å². The molecule has 19 heavy (non-hydrogen) atoms. The quantitative estimate of drug-likeness (QED) is 0.667. The van der Waals surface area contributed by atoms with Gasteiger partial charge < -0.3 is 5.11 Å². The second-order valence-electron chi connectivity index (χ2n) is 4.85. The normalized spacial score (nSPS) is 11.5. The van der Waals surface area contributed by atoms with Crippen LogP contribution in [0.3, 0.4) is 0 Å². The van der Waals surface area contributed by atoms with E-state index in [2.05, 4.69) is 10.1 Å². The fraction of sp³-hybridized carbons (Fsp3) is 0.333. The van der Waals surface area contributed by atoms with Crippen molar-refractivity contribution in [1.29, 1.82) is 0 Å². The second kappa shape index (κ2) is 4.77. The fourth-order valence-corrected chi connectivity index (χ4v) is 1.71. The van der Waals surface area contributed by atoms with Crippen molar-refractivity contribution in [2.75, 3.05) is 0 Å². The number of aliphatic hydroxyl groups is 1. The molecule has 0 spiro atoms. The van der Waals surface area contributed by atoms with Crippen molar-refractivity contribution in [3.63, 3.8) is 0 Å². The Morgan fingerprint density at radius 1 is 1.47 bits per heavy atom. The number of nitrogens with zero attached hydrogens (tertiary/aromatic N) is 4. The lowest BCUT2D eigenvalue weighted by molar-refractivity contribution is -0.384. The van der Waals surface area contributed by atoms with Gasteiger partial charge in [0, 0.05) is 6.20 Å². The second-order valence-corrected chi connectivity index (χ2v) is 4.85. The Morgan fingerprint density at radius 2 is 2.21 bits per heavy atom. The molecule has 1 N–H and O–H groups in total. The standard InChI is InChI=1S/C12H14N4O3/c1-12(2,17)8-15-7-10(16(18)19)11(14-15)9-5-3-4-6-13-9/h3-7,17H,8H2,1-2H3. The molecule has 0 aliphatic carbocycles. The summed E-state index contributed by atoms with van der Waals surface area (Å²) in [7, 11) is 0. The topological polar surface area (TPSA) is 94.1 Å². The maximum Gasteiger partial charge on any atom is 0.316 e. The monoisotopic (exact) mass is 262 g/mol. The number of aromatic nitrogens is 3. The van der Waals surface area contributed by atoms with Gasteiger partial charge in [-0.2, -0.15) is 5.10 Å². The van der Waals surface area contributed by atoms with Gasteiger partial charge in [-0.1, -0.05) is 6.07 Å². The molecule has 0 atom stereocenters. The molecule has 0 unspecified atom stereocenters. The average molecular weight is 262 g/mol. The lowest BCUT2D eigenvalue weighted by atomic mass is 10.1. The molecular weight excluding hydrogens is 248 g/mol. The summed E-state index contributed by atoms with van der Waals surface area (Å²) in [4.78, 5) is 14.6. The third kappa shape index (κ3) is 3.14. The van der Waals surface area contributed by atoms with Crippen molar-refractivity contribution < 1.29 is 10.0 Å². The molecule has 0 aliphatic rings. The van der Waals surface area contributed by atoms with E-state index in [1.807, 2.05) is 0 Å². The molecule has 2 aromatic heterocycles. The van der Waals surface area contributed by atoms with E-state index >= 15 is 0 Å². The Kier molecular flexibility index (Phi) is 3.30. The van der Waals surface area contributed by atoms with Crippen molar-refractivity contribution in [1.82, 2.24) is 14.8 Å². The molecule has 0 bridgehead atoms. The van der Waals surface area contributed by atoms with Gasteiger partial charge >= 0.3 is 5.69 Å². The van der Waals surface area contributed by atoms with E-state index < -0.39 is 10.5 Å². The number of hydrogen-bond donors (Lipinski definition) is 1. The third-order valence-electron chi connectivity index (χ3n) is 2.40. The largest absolute Gasteiger partial charge is 0.389 e. The van der Waals surface area contributed by atoms with Gasteiger partial charge in [-0.15, -0.1) is 0 Å². The molecule has 2 rings (SSSR count). The highest BCUT2D eigenvalue weighted by Gasteiger charge is 2.24. The average Bonchev–Trinajstić information content (AvgIpc) is 2.72. The van der Waals surface area contributed by atoms with Crippen LogP contribution in [0, 0.1) is 10.1 Å². The molecule has 0 amide bonds. The highest BCUT2D eigenvalue weighted by atomic mass is 16.6. The van der Waals surface area contributed by atoms with Crippen LogP contribution in [0.4, 0.5) is 5.69 Å². The van der Waals surface area contributed by atoms with Crippen LogP contribution in [0.2, 0.25) is 0 Å². The summed E-state index contributed by atoms with van der Waals surface area (Å²) in [5.41, 5.74) is -0.483. The molecule has 100 valence electrons. The number of rotatable bonds is 4. The highest BCUT2D eigenvalue weighted by molar-refractivity contribution is 5.65. The van der Waals surface area contributed by atoms with Crippen molar-refractivity contribution in [2.45, 2.75) is 26.0 Å². The Bertz CT molecular complexity index is 587. The van der Waals surface area contributed by atoms with Crippen LogP contribution in [-0.2, 0) is 6.54 Å². The lowest BCUT2D eigenvalue weighted by Gasteiger charge is -2.16. The molecule has 0 saturated carbocycles. The van der Waals surface area contributed by atoms with Crippen LogP contribution in [0.15, 0.2) is 30.6 Å². The maximum atomic E-state index is 11.0. The van der Waals surface area contributed by atoms with Crippen LogP contribution in [-0.4, -0.2) is 30.4 Å². The van der Waals surface area contributed by atoms with Crippen LogP contribution < -0.4 is 0 Å². The van der Waals surface area contributed by atoms with E-state index in [1.165, 1.54) is 10.9 Å². The molecule has 0 aromatic carbocycles. The molecule has 7 heteroatoms. The first-order chi connectivity index (χ1) is 8.87. The van der Waals surface area contributed by atoms with Gasteiger partial charge in [-0.3, -0.25) is 19.8 Å². The minimum absolute atomic E-state index is 0.122. The SMILES string of the molecule is CC(C)(O)Cn1cc([N+](=O)[O-])c(-c2ccccn2)n1. The van der Waals surface area contributed by atoms with Crippen LogP contribution in [0.25, 0.3) is 11.4 Å². The Morgan fingerprint density at radius 3 is 2.74 bits per heavy atom. The summed E-state index contributed by atoms with van der Waals surface area (Å²) in [6.45, 7) is 3.39. The Labute approximate surface area is 109 Å². The minimum atomic E-state index is -0.999. The molecule has 0 saturated heterocycles. The zero-order valence-electron chi connectivity index (χ0n) is 10.6. The molecule has 7 nitrogen and oxygen atoms in total. The van der Waals surface area contributed by atoms with Gasteiger partial charge in [-0.25, -0.2) is 0 Å². The predicted octanol–water partition coefficient (Wildman–Crippen LogP) is 1.62. The first-order valence-electron chi connectivity index (χ1n) is 5.72. The van der Waals surface area contributed by atoms with Gasteiger partial charge in [0.2, 0.25) is 0 Å². The maximum absolute atomic E-state index is 11.0. The summed E-state index contributed by atoms with van der Waals surface area (Å²) in [6.07, 6.45) is 2.86. The third-order valence-corrected chi connectivity index (χ3v) is 2.40. The van der Waals surface area contributed by atoms with Crippen molar-refractivity contribution >= 4 is 5.69 Å². The van der Waals surface area contributed by atoms with Gasteiger partial charge in [0.1, 0.15) is 6.20 Å². The molecule has 0 fully saturated rings. The van der Waals surface area contributed by atoms with E-state index in [1.54, 1.807) is 38.2 Å². The number of nitro groups is 1. The smallest absolute Gasteiger partial charge is 0.316 e. The Balaban J connectivity index is 2.45. The molecule has 0 radical (unpaired) electrons. The van der Waals surface area contributed by atoms with Gasteiger partial charge in [0.05, 0.1) is 22.8 Å². The lowest BCUT2D eigenvalue weighted by Crippen LogP contribution is -2.26. The summed E-state index contributed by atoms with van der Waals surface area (Å²) in [6, 6.07) is 5.12. The number of pyridine rings is 1. The highest BCUT2D eigenvalue weighted by Crippen LogP contribution is 2.26. The summed E-state index contributed by atoms with van der Waals surface area (Å²) in [5, 5.41) is 24.9. The summed E-state index contributed by atoms with van der Waals surface area (Å²) in [5.74, 6) is 0. The van der Waals surface area contributed by atoms with Crippen molar-refractivity contribution in [2.24, 2.45) is 0 Å². The van der Waals surface area contributed by atoms with Gasteiger partial charge in [0.25, 0.3) is 0 Å². The first kappa shape index (κ1) is 13.2. The molecular formula is C12H14N4O3. The van der Waals surface area contributed by atoms with Crippen LogP contribution in [0.5, 0.6) is 0 Å². The van der Waals surface area contributed by atoms with Crippen molar-refractivity contribution in [3.05, 3.63) is 40.7 Å². The van der Waals surface area contributed by atoms with E-state index in [9.17, 15) is 15.2 Å². The van der Waals surface area contributed by atoms with Gasteiger partial charge in [0.15, 0.2) is 5.69 Å². The zero-order valence-corrected chi connectivity index (χ0v) is 10.6. The zero-order chi connectivity index (χ0) is 14.0. The minimum Gasteiger partial charge on any atom is -0.389 e. The predicted molar refractivity (Wildman–Crippen MR) is 68.4 cm³/mol. The first-order valence-corrected chi connectivity index (χ1v) is 5.72. The molecule has 2 heterocycles. The van der Waals surface area contributed by atoms with Crippen molar-refractivity contribution in [3.8, 4) is 11.4 Å². The van der Waals surface area contributed by atoms with E-state index in [0.29, 0.717) is 5.69 Å². The van der Waals surface area contributed by atoms with Crippen LogP contribution >= 0.6 is 0 Å². The summed E-state index contributed by atoms with van der Waals surface area (Å²) < 4.78 is 1.36. The fourth-order valence-electron chi connectivity index (χ4n) is 1.71. The number of hydrogen-bond acceptors (Lipinski definition) is 5.